The average molecular weight is 453 g/mol. The zero-order valence-corrected chi connectivity index (χ0v) is 18.5. The van der Waals surface area contributed by atoms with E-state index < -0.39 is 18.4 Å². The summed E-state index contributed by atoms with van der Waals surface area (Å²) in [7, 11) is 0. The minimum absolute atomic E-state index is 0.0323. The molecule has 0 bridgehead atoms. The fourth-order valence-corrected chi connectivity index (χ4v) is 4.56. The Labute approximate surface area is 191 Å². The lowest BCUT2D eigenvalue weighted by Gasteiger charge is -2.18. The molecular formula is C23H28N6O4. The second kappa shape index (κ2) is 9.05. The normalized spacial score (nSPS) is 25.1. The lowest BCUT2D eigenvalue weighted by atomic mass is 10.1. The molecule has 5 rings (SSSR count). The van der Waals surface area contributed by atoms with Gasteiger partial charge in [0.25, 0.3) is 5.91 Å². The first-order valence-corrected chi connectivity index (χ1v) is 11.3. The number of anilines is 1. The number of aliphatic hydroxyl groups is 2. The molecule has 2 aliphatic heterocycles. The third-order valence-electron chi connectivity index (χ3n) is 6.43. The number of hydrogen-bond donors (Lipinski definition) is 3. The smallest absolute Gasteiger partial charge is 0.253 e. The predicted octanol–water partition coefficient (Wildman–Crippen LogP) is 1.36. The van der Waals surface area contributed by atoms with Crippen molar-refractivity contribution in [3.05, 3.63) is 48.0 Å². The van der Waals surface area contributed by atoms with E-state index in [1.807, 2.05) is 29.2 Å². The van der Waals surface area contributed by atoms with Crippen LogP contribution in [0.15, 0.2) is 36.9 Å². The predicted molar refractivity (Wildman–Crippen MR) is 121 cm³/mol. The van der Waals surface area contributed by atoms with Gasteiger partial charge < -0.3 is 25.2 Å². The maximum absolute atomic E-state index is 12.9. The van der Waals surface area contributed by atoms with E-state index in [4.69, 9.17) is 4.74 Å². The zero-order valence-electron chi connectivity index (χ0n) is 18.5. The minimum Gasteiger partial charge on any atom is -0.394 e. The van der Waals surface area contributed by atoms with Crippen LogP contribution in [0.25, 0.3) is 11.2 Å². The van der Waals surface area contributed by atoms with Crippen LogP contribution in [0.4, 0.5) is 5.82 Å². The number of ether oxygens (including phenoxy) is 1. The van der Waals surface area contributed by atoms with Crippen molar-refractivity contribution in [3.8, 4) is 0 Å². The number of nitrogens with one attached hydrogen (secondary N) is 1. The zero-order chi connectivity index (χ0) is 22.9. The van der Waals surface area contributed by atoms with Crippen molar-refractivity contribution in [3.63, 3.8) is 0 Å². The van der Waals surface area contributed by atoms with E-state index in [1.165, 1.54) is 11.9 Å². The highest BCUT2D eigenvalue weighted by molar-refractivity contribution is 5.94. The van der Waals surface area contributed by atoms with Crippen LogP contribution in [0.2, 0.25) is 0 Å². The summed E-state index contributed by atoms with van der Waals surface area (Å²) >= 11 is 0. The molecule has 2 fully saturated rings. The molecule has 0 aliphatic carbocycles. The maximum Gasteiger partial charge on any atom is 0.253 e. The van der Waals surface area contributed by atoms with Crippen molar-refractivity contribution in [2.45, 2.75) is 50.7 Å². The first kappa shape index (κ1) is 21.7. The number of carbonyl (C=O) groups is 1. The van der Waals surface area contributed by atoms with Crippen LogP contribution >= 0.6 is 0 Å². The number of fused-ring (bicyclic) bond motifs is 1. The van der Waals surface area contributed by atoms with Crippen LogP contribution in [0, 0.1) is 0 Å². The molecule has 174 valence electrons. The second-order valence-corrected chi connectivity index (χ2v) is 8.61. The van der Waals surface area contributed by atoms with Gasteiger partial charge in [-0.05, 0) is 30.5 Å². The molecule has 0 spiro atoms. The van der Waals surface area contributed by atoms with Crippen molar-refractivity contribution >= 4 is 22.9 Å². The Morgan fingerprint density at radius 3 is 2.79 bits per heavy atom. The van der Waals surface area contributed by atoms with Gasteiger partial charge in [0.1, 0.15) is 12.4 Å². The molecule has 0 saturated carbocycles. The van der Waals surface area contributed by atoms with E-state index in [0.717, 1.165) is 12.8 Å². The first-order chi connectivity index (χ1) is 16.1. The van der Waals surface area contributed by atoms with Crippen molar-refractivity contribution < 1.29 is 19.7 Å². The molecule has 4 heterocycles. The molecule has 4 unspecified atom stereocenters. The topological polar surface area (TPSA) is 126 Å². The summed E-state index contributed by atoms with van der Waals surface area (Å²) in [6, 6.07) is 7.83. The van der Waals surface area contributed by atoms with Gasteiger partial charge in [-0.3, -0.25) is 9.36 Å². The van der Waals surface area contributed by atoms with Crippen LogP contribution in [-0.2, 0) is 11.2 Å². The molecule has 0 radical (unpaired) electrons. The van der Waals surface area contributed by atoms with Gasteiger partial charge in [-0.2, -0.15) is 0 Å². The Balaban J connectivity index is 1.29. The van der Waals surface area contributed by atoms with Gasteiger partial charge >= 0.3 is 0 Å². The molecule has 3 N–H and O–H groups in total. The maximum atomic E-state index is 12.9. The van der Waals surface area contributed by atoms with E-state index in [2.05, 4.69) is 27.2 Å². The van der Waals surface area contributed by atoms with Crippen LogP contribution in [0.3, 0.4) is 0 Å². The van der Waals surface area contributed by atoms with Crippen LogP contribution in [0.5, 0.6) is 0 Å². The number of aromatic nitrogens is 4. The second-order valence-electron chi connectivity index (χ2n) is 8.61. The van der Waals surface area contributed by atoms with Crippen molar-refractivity contribution in [2.75, 3.05) is 25.0 Å². The number of carbonyl (C=O) groups excluding carboxylic acids is 1. The monoisotopic (exact) mass is 452 g/mol. The molecule has 1 aromatic carbocycles. The Morgan fingerprint density at radius 1 is 1.24 bits per heavy atom. The Hall–Kier alpha value is -3.08. The Bertz CT molecular complexity index is 1130. The molecule has 33 heavy (non-hydrogen) atoms. The summed E-state index contributed by atoms with van der Waals surface area (Å²) in [6.07, 6.45) is 3.28. The number of aryl methyl sites for hydroxylation is 1. The standard InChI is InChI=1S/C23H28N6O4/c1-2-14-3-5-15(6-4-14)22(32)28-8-7-16(10-28)27-20-19-21(25-12-24-20)29(13-26-19)23-18(31)9-17(11-30)33-23/h3-6,12-13,16-18,23,30-31H,2,7-11H2,1H3,(H,24,25,27). The fraction of sp³-hybridized carbons (Fsp3) is 0.478. The highest BCUT2D eigenvalue weighted by atomic mass is 16.5. The Morgan fingerprint density at radius 2 is 2.06 bits per heavy atom. The number of amides is 1. The SMILES string of the molecule is CCc1ccc(C(=O)N2CCC(Nc3ncnc4c3ncn4C3OC(CO)CC3O)C2)cc1. The van der Waals surface area contributed by atoms with Crippen LogP contribution < -0.4 is 5.32 Å². The van der Waals surface area contributed by atoms with Gasteiger partial charge in [0, 0.05) is 31.1 Å². The molecule has 1 amide bonds. The lowest BCUT2D eigenvalue weighted by molar-refractivity contribution is -0.0486. The summed E-state index contributed by atoms with van der Waals surface area (Å²) in [5, 5.41) is 23.1. The number of rotatable bonds is 6. The van der Waals surface area contributed by atoms with Gasteiger partial charge in [-0.1, -0.05) is 19.1 Å². The largest absolute Gasteiger partial charge is 0.394 e. The average Bonchev–Trinajstić information content (AvgIpc) is 3.57. The highest BCUT2D eigenvalue weighted by Gasteiger charge is 2.36. The van der Waals surface area contributed by atoms with E-state index in [0.29, 0.717) is 42.1 Å². The lowest BCUT2D eigenvalue weighted by Crippen LogP contribution is -2.31. The molecule has 4 atom stereocenters. The van der Waals surface area contributed by atoms with E-state index in [1.54, 1.807) is 10.9 Å². The molecule has 2 aliphatic rings. The van der Waals surface area contributed by atoms with E-state index in [-0.39, 0.29) is 18.6 Å². The molecule has 10 heteroatoms. The quantitative estimate of drug-likeness (QED) is 0.512. The molecule has 10 nitrogen and oxygen atoms in total. The van der Waals surface area contributed by atoms with E-state index in [9.17, 15) is 15.0 Å². The molecule has 2 aromatic heterocycles. The number of nitrogens with zero attached hydrogens (tertiary/aromatic N) is 5. The minimum atomic E-state index is -0.758. The number of likely N-dealkylation sites (tertiary alicyclic amines) is 1. The number of benzene rings is 1. The summed E-state index contributed by atoms with van der Waals surface area (Å²) in [5.41, 5.74) is 3.02. The number of imidazole rings is 1. The summed E-state index contributed by atoms with van der Waals surface area (Å²) in [5.74, 6) is 0.612. The summed E-state index contributed by atoms with van der Waals surface area (Å²) < 4.78 is 7.42. The highest BCUT2D eigenvalue weighted by Crippen LogP contribution is 2.32. The summed E-state index contributed by atoms with van der Waals surface area (Å²) in [6.45, 7) is 3.18. The molecule has 3 aromatic rings. The molecule has 2 saturated heterocycles. The number of aliphatic hydroxyl groups excluding tert-OH is 2. The van der Waals surface area contributed by atoms with Gasteiger partial charge in [0.2, 0.25) is 0 Å². The van der Waals surface area contributed by atoms with Crippen molar-refractivity contribution in [1.82, 2.24) is 24.4 Å². The first-order valence-electron chi connectivity index (χ1n) is 11.3. The van der Waals surface area contributed by atoms with Gasteiger partial charge in [0.05, 0.1) is 19.0 Å². The number of hydrogen-bond acceptors (Lipinski definition) is 8. The Kier molecular flexibility index (Phi) is 5.96. The van der Waals surface area contributed by atoms with E-state index >= 15 is 0 Å². The fourth-order valence-electron chi connectivity index (χ4n) is 4.56. The summed E-state index contributed by atoms with van der Waals surface area (Å²) in [4.78, 5) is 27.9. The van der Waals surface area contributed by atoms with Crippen molar-refractivity contribution in [1.29, 1.82) is 0 Å². The third kappa shape index (κ3) is 4.17. The van der Waals surface area contributed by atoms with Gasteiger partial charge in [-0.15, -0.1) is 0 Å². The van der Waals surface area contributed by atoms with Crippen molar-refractivity contribution in [2.24, 2.45) is 0 Å². The van der Waals surface area contributed by atoms with Gasteiger partial charge in [-0.25, -0.2) is 15.0 Å². The third-order valence-corrected chi connectivity index (χ3v) is 6.43. The molecular weight excluding hydrogens is 424 g/mol. The van der Waals surface area contributed by atoms with Crippen LogP contribution in [0.1, 0.15) is 41.9 Å². The van der Waals surface area contributed by atoms with Crippen LogP contribution in [-0.4, -0.2) is 78.5 Å². The van der Waals surface area contributed by atoms with Gasteiger partial charge in [0.15, 0.2) is 23.2 Å².